The van der Waals surface area contributed by atoms with Gasteiger partial charge in [-0.25, -0.2) is 0 Å². The second-order valence-corrected chi connectivity index (χ2v) is 4.88. The highest BCUT2D eigenvalue weighted by molar-refractivity contribution is 5.30. The van der Waals surface area contributed by atoms with Crippen molar-refractivity contribution in [3.05, 3.63) is 35.4 Å². The molecular formula is C15H25NO. The van der Waals surface area contributed by atoms with Gasteiger partial charge in [-0.1, -0.05) is 31.2 Å². The Balaban J connectivity index is 3.04. The average Bonchev–Trinajstić information content (AvgIpc) is 2.27. The number of nitrogens with one attached hydrogen (secondary N) is 1. The molecule has 0 bridgehead atoms. The summed E-state index contributed by atoms with van der Waals surface area (Å²) in [5.74, 6) is 0. The Labute approximate surface area is 105 Å². The number of benzene rings is 1. The summed E-state index contributed by atoms with van der Waals surface area (Å²) >= 11 is 0. The highest BCUT2D eigenvalue weighted by Crippen LogP contribution is 2.30. The van der Waals surface area contributed by atoms with Gasteiger partial charge in [-0.3, -0.25) is 0 Å². The number of aryl methyl sites for hydroxylation is 1. The first kappa shape index (κ1) is 14.2. The smallest absolute Gasteiger partial charge is 0.0820 e. The maximum atomic E-state index is 5.89. The Morgan fingerprint density at radius 3 is 2.41 bits per heavy atom. The summed E-state index contributed by atoms with van der Waals surface area (Å²) in [6.07, 6.45) is 0. The zero-order valence-electron chi connectivity index (χ0n) is 11.7. The molecule has 0 saturated carbocycles. The molecule has 0 aliphatic heterocycles. The molecular weight excluding hydrogens is 210 g/mol. The summed E-state index contributed by atoms with van der Waals surface area (Å²) in [5.41, 5.74) is 2.44. The zero-order valence-corrected chi connectivity index (χ0v) is 11.7. The molecule has 0 saturated heterocycles. The molecule has 2 heteroatoms. The number of ether oxygens (including phenoxy) is 1. The summed E-state index contributed by atoms with van der Waals surface area (Å²) in [6.45, 7) is 12.3. The van der Waals surface area contributed by atoms with Crippen LogP contribution in [-0.4, -0.2) is 18.8 Å². The van der Waals surface area contributed by atoms with Crippen LogP contribution in [-0.2, 0) is 4.74 Å². The van der Waals surface area contributed by atoms with Crippen molar-refractivity contribution < 1.29 is 4.74 Å². The first-order chi connectivity index (χ1) is 8.03. The van der Waals surface area contributed by atoms with E-state index in [2.05, 4.69) is 57.3 Å². The predicted molar refractivity (Wildman–Crippen MR) is 73.3 cm³/mol. The molecule has 0 aliphatic carbocycles. The summed E-state index contributed by atoms with van der Waals surface area (Å²) in [6, 6.07) is 8.74. The van der Waals surface area contributed by atoms with E-state index in [0.717, 1.165) is 13.2 Å². The fourth-order valence-electron chi connectivity index (χ4n) is 2.30. The van der Waals surface area contributed by atoms with Crippen LogP contribution in [0.15, 0.2) is 24.3 Å². The molecule has 1 aromatic rings. The maximum Gasteiger partial charge on any atom is 0.0820 e. The Bertz CT molecular complexity index is 347. The summed E-state index contributed by atoms with van der Waals surface area (Å²) in [7, 11) is 0. The lowest BCUT2D eigenvalue weighted by molar-refractivity contribution is -0.0390. The van der Waals surface area contributed by atoms with Gasteiger partial charge in [0.05, 0.1) is 11.6 Å². The van der Waals surface area contributed by atoms with Gasteiger partial charge in [0.15, 0.2) is 0 Å². The van der Waals surface area contributed by atoms with Gasteiger partial charge in [-0.05, 0) is 45.4 Å². The quantitative estimate of drug-likeness (QED) is 0.815. The minimum absolute atomic E-state index is 0.198. The van der Waals surface area contributed by atoms with Crippen molar-refractivity contribution in [1.29, 1.82) is 0 Å². The molecule has 96 valence electrons. The number of hydrogen-bond donors (Lipinski definition) is 1. The molecule has 0 radical (unpaired) electrons. The lowest BCUT2D eigenvalue weighted by Crippen LogP contribution is -2.42. The molecule has 0 spiro atoms. The molecule has 1 atom stereocenters. The van der Waals surface area contributed by atoms with Gasteiger partial charge in [0, 0.05) is 6.61 Å². The van der Waals surface area contributed by atoms with Crippen LogP contribution in [0.4, 0.5) is 0 Å². The molecule has 17 heavy (non-hydrogen) atoms. The summed E-state index contributed by atoms with van der Waals surface area (Å²) < 4.78 is 5.89. The fourth-order valence-corrected chi connectivity index (χ4v) is 2.30. The van der Waals surface area contributed by atoms with E-state index in [1.54, 1.807) is 0 Å². The molecule has 1 rings (SSSR count). The fraction of sp³-hybridized carbons (Fsp3) is 0.600. The molecule has 0 aliphatic rings. The van der Waals surface area contributed by atoms with Gasteiger partial charge in [0.25, 0.3) is 0 Å². The second kappa shape index (κ2) is 6.18. The number of hydrogen-bond acceptors (Lipinski definition) is 2. The van der Waals surface area contributed by atoms with Gasteiger partial charge in [0.1, 0.15) is 0 Å². The van der Waals surface area contributed by atoms with Crippen molar-refractivity contribution in [3.63, 3.8) is 0 Å². The van der Waals surface area contributed by atoms with E-state index in [1.807, 2.05) is 6.92 Å². The Hall–Kier alpha value is -0.860. The SMILES string of the molecule is CCNC(c1ccccc1C)C(C)(C)OCC. The van der Waals surface area contributed by atoms with Crippen LogP contribution in [0, 0.1) is 6.92 Å². The normalized spacial score (nSPS) is 13.7. The molecule has 0 aromatic heterocycles. The van der Waals surface area contributed by atoms with E-state index in [-0.39, 0.29) is 11.6 Å². The van der Waals surface area contributed by atoms with E-state index in [9.17, 15) is 0 Å². The summed E-state index contributed by atoms with van der Waals surface area (Å²) in [5, 5.41) is 3.54. The van der Waals surface area contributed by atoms with Gasteiger partial charge >= 0.3 is 0 Å². The highest BCUT2D eigenvalue weighted by Gasteiger charge is 2.31. The van der Waals surface area contributed by atoms with Crippen LogP contribution in [0.5, 0.6) is 0 Å². The van der Waals surface area contributed by atoms with Crippen LogP contribution in [0.2, 0.25) is 0 Å². The van der Waals surface area contributed by atoms with Crippen LogP contribution in [0.1, 0.15) is 44.9 Å². The van der Waals surface area contributed by atoms with E-state index >= 15 is 0 Å². The number of likely N-dealkylation sites (N-methyl/N-ethyl adjacent to an activating group) is 1. The molecule has 0 amide bonds. The number of rotatable bonds is 6. The van der Waals surface area contributed by atoms with Crippen molar-refractivity contribution in [3.8, 4) is 0 Å². The van der Waals surface area contributed by atoms with E-state index < -0.39 is 0 Å². The molecule has 0 fully saturated rings. The molecule has 1 unspecified atom stereocenters. The second-order valence-electron chi connectivity index (χ2n) is 4.88. The van der Waals surface area contributed by atoms with E-state index in [0.29, 0.717) is 0 Å². The molecule has 1 N–H and O–H groups in total. The van der Waals surface area contributed by atoms with Gasteiger partial charge in [-0.15, -0.1) is 0 Å². The monoisotopic (exact) mass is 235 g/mol. The van der Waals surface area contributed by atoms with Crippen molar-refractivity contribution in [2.24, 2.45) is 0 Å². The van der Waals surface area contributed by atoms with Crippen LogP contribution >= 0.6 is 0 Å². The molecule has 1 aromatic carbocycles. The maximum absolute atomic E-state index is 5.89. The van der Waals surface area contributed by atoms with Crippen molar-refractivity contribution >= 4 is 0 Å². The van der Waals surface area contributed by atoms with Crippen LogP contribution < -0.4 is 5.32 Å². The van der Waals surface area contributed by atoms with Crippen molar-refractivity contribution in [2.45, 2.75) is 46.3 Å². The summed E-state index contributed by atoms with van der Waals surface area (Å²) in [4.78, 5) is 0. The first-order valence-electron chi connectivity index (χ1n) is 6.45. The van der Waals surface area contributed by atoms with E-state index in [1.165, 1.54) is 11.1 Å². The van der Waals surface area contributed by atoms with Crippen molar-refractivity contribution in [2.75, 3.05) is 13.2 Å². The lowest BCUT2D eigenvalue weighted by atomic mass is 9.89. The highest BCUT2D eigenvalue weighted by atomic mass is 16.5. The third-order valence-electron chi connectivity index (χ3n) is 3.12. The Morgan fingerprint density at radius 2 is 1.88 bits per heavy atom. The molecule has 0 heterocycles. The zero-order chi connectivity index (χ0) is 12.9. The Kier molecular flexibility index (Phi) is 5.16. The minimum atomic E-state index is -0.198. The van der Waals surface area contributed by atoms with Crippen molar-refractivity contribution in [1.82, 2.24) is 5.32 Å². The average molecular weight is 235 g/mol. The standard InChI is InChI=1S/C15H25NO/c1-6-16-14(15(4,5)17-7-2)13-11-9-8-10-12(13)3/h8-11,14,16H,6-7H2,1-5H3. The predicted octanol–water partition coefficient (Wildman–Crippen LogP) is 3.46. The minimum Gasteiger partial charge on any atom is -0.374 e. The van der Waals surface area contributed by atoms with Gasteiger partial charge in [0.2, 0.25) is 0 Å². The first-order valence-corrected chi connectivity index (χ1v) is 6.45. The molecule has 2 nitrogen and oxygen atoms in total. The third kappa shape index (κ3) is 3.55. The lowest BCUT2D eigenvalue weighted by Gasteiger charge is -2.36. The van der Waals surface area contributed by atoms with Gasteiger partial charge < -0.3 is 10.1 Å². The topological polar surface area (TPSA) is 21.3 Å². The van der Waals surface area contributed by atoms with Crippen LogP contribution in [0.3, 0.4) is 0 Å². The van der Waals surface area contributed by atoms with Gasteiger partial charge in [-0.2, -0.15) is 0 Å². The third-order valence-corrected chi connectivity index (χ3v) is 3.12. The Morgan fingerprint density at radius 1 is 1.24 bits per heavy atom. The largest absolute Gasteiger partial charge is 0.374 e. The van der Waals surface area contributed by atoms with E-state index in [4.69, 9.17) is 4.74 Å². The van der Waals surface area contributed by atoms with Crippen LogP contribution in [0.25, 0.3) is 0 Å².